The van der Waals surface area contributed by atoms with Crippen LogP contribution in [0.2, 0.25) is 5.02 Å². The molecule has 2 aromatic heterocycles. The van der Waals surface area contributed by atoms with Crippen LogP contribution in [0.15, 0.2) is 29.1 Å². The first-order chi connectivity index (χ1) is 10.1. The second-order valence-electron chi connectivity index (χ2n) is 5.31. The molecule has 2 heterocycles. The van der Waals surface area contributed by atoms with Crippen molar-refractivity contribution in [2.45, 2.75) is 26.2 Å². The van der Waals surface area contributed by atoms with E-state index in [1.165, 1.54) is 10.4 Å². The molecular formula is C16H13ClN2OS. The van der Waals surface area contributed by atoms with Crippen molar-refractivity contribution in [2.75, 3.05) is 0 Å². The largest absolute Gasteiger partial charge is 0.268 e. The first-order valence-corrected chi connectivity index (χ1v) is 8.14. The molecular weight excluding hydrogens is 304 g/mol. The van der Waals surface area contributed by atoms with Crippen molar-refractivity contribution < 1.29 is 0 Å². The van der Waals surface area contributed by atoms with Crippen LogP contribution >= 0.6 is 22.9 Å². The van der Waals surface area contributed by atoms with Gasteiger partial charge in [-0.2, -0.15) is 0 Å². The third-order valence-corrected chi connectivity index (χ3v) is 5.43. The summed E-state index contributed by atoms with van der Waals surface area (Å²) in [6, 6.07) is 7.31. The van der Waals surface area contributed by atoms with E-state index in [9.17, 15) is 4.79 Å². The molecule has 3 aromatic rings. The average molecular weight is 317 g/mol. The normalized spacial score (nSPS) is 13.8. The second kappa shape index (κ2) is 4.68. The third kappa shape index (κ3) is 1.93. The van der Waals surface area contributed by atoms with E-state index >= 15 is 0 Å². The highest BCUT2D eigenvalue weighted by molar-refractivity contribution is 7.18. The van der Waals surface area contributed by atoms with Crippen molar-refractivity contribution in [3.05, 3.63) is 55.9 Å². The Kier molecular flexibility index (Phi) is 2.91. The van der Waals surface area contributed by atoms with Gasteiger partial charge in [-0.05, 0) is 56.0 Å². The lowest BCUT2D eigenvalue weighted by Crippen LogP contribution is -2.22. The Morgan fingerprint density at radius 2 is 2.00 bits per heavy atom. The van der Waals surface area contributed by atoms with Gasteiger partial charge in [-0.3, -0.25) is 9.36 Å². The summed E-state index contributed by atoms with van der Waals surface area (Å²) in [4.78, 5) is 19.8. The van der Waals surface area contributed by atoms with Crippen LogP contribution in [-0.4, -0.2) is 9.55 Å². The Hall–Kier alpha value is -1.65. The number of rotatable bonds is 1. The summed E-state index contributed by atoms with van der Waals surface area (Å²) in [6.45, 7) is 1.88. The molecule has 0 bridgehead atoms. The molecule has 1 aliphatic rings. The molecule has 3 nitrogen and oxygen atoms in total. The third-order valence-electron chi connectivity index (χ3n) is 3.99. The topological polar surface area (TPSA) is 34.9 Å². The highest BCUT2D eigenvalue weighted by atomic mass is 35.5. The Morgan fingerprint density at radius 3 is 2.76 bits per heavy atom. The monoisotopic (exact) mass is 316 g/mol. The Bertz CT molecular complexity index is 909. The lowest BCUT2D eigenvalue weighted by Gasteiger charge is -2.10. The molecule has 106 valence electrons. The van der Waals surface area contributed by atoms with E-state index in [0.29, 0.717) is 5.02 Å². The number of fused-ring (bicyclic) bond motifs is 3. The fraction of sp³-hybridized carbons (Fsp3) is 0.250. The van der Waals surface area contributed by atoms with E-state index in [-0.39, 0.29) is 5.56 Å². The van der Waals surface area contributed by atoms with Crippen LogP contribution in [0.3, 0.4) is 0 Å². The van der Waals surface area contributed by atoms with Crippen molar-refractivity contribution in [3.8, 4) is 5.69 Å². The van der Waals surface area contributed by atoms with Gasteiger partial charge in [0.05, 0.1) is 11.1 Å². The number of hydrogen-bond donors (Lipinski definition) is 0. The maximum Gasteiger partial charge on any atom is 0.267 e. The lowest BCUT2D eigenvalue weighted by atomic mass is 10.2. The van der Waals surface area contributed by atoms with E-state index in [0.717, 1.165) is 41.0 Å². The number of aromatic nitrogens is 2. The van der Waals surface area contributed by atoms with Gasteiger partial charge < -0.3 is 0 Å². The molecule has 1 aromatic carbocycles. The summed E-state index contributed by atoms with van der Waals surface area (Å²) in [5.41, 5.74) is 2.07. The van der Waals surface area contributed by atoms with Gasteiger partial charge in [0.15, 0.2) is 0 Å². The zero-order chi connectivity index (χ0) is 14.6. The van der Waals surface area contributed by atoms with Crippen LogP contribution in [0, 0.1) is 6.92 Å². The van der Waals surface area contributed by atoms with Crippen molar-refractivity contribution >= 4 is 33.2 Å². The van der Waals surface area contributed by atoms with Gasteiger partial charge in [-0.1, -0.05) is 11.6 Å². The van der Waals surface area contributed by atoms with E-state index in [2.05, 4.69) is 4.98 Å². The fourth-order valence-electron chi connectivity index (χ4n) is 3.04. The Morgan fingerprint density at radius 1 is 1.24 bits per heavy atom. The molecule has 0 fully saturated rings. The van der Waals surface area contributed by atoms with Crippen LogP contribution in [-0.2, 0) is 12.8 Å². The lowest BCUT2D eigenvalue weighted by molar-refractivity contribution is 0.889. The number of thiophene rings is 1. The van der Waals surface area contributed by atoms with E-state index in [4.69, 9.17) is 11.6 Å². The van der Waals surface area contributed by atoms with Crippen LogP contribution in [0.25, 0.3) is 15.9 Å². The minimum Gasteiger partial charge on any atom is -0.268 e. The summed E-state index contributed by atoms with van der Waals surface area (Å²) < 4.78 is 1.68. The number of aryl methyl sites for hydroxylation is 3. The molecule has 1 aliphatic carbocycles. The Labute approximate surface area is 130 Å². The van der Waals surface area contributed by atoms with Crippen molar-refractivity contribution in [1.82, 2.24) is 9.55 Å². The molecule has 0 amide bonds. The molecule has 0 atom stereocenters. The molecule has 0 radical (unpaired) electrons. The first kappa shape index (κ1) is 13.0. The summed E-state index contributed by atoms with van der Waals surface area (Å²) >= 11 is 7.61. The summed E-state index contributed by atoms with van der Waals surface area (Å²) in [6.07, 6.45) is 3.22. The smallest absolute Gasteiger partial charge is 0.267 e. The van der Waals surface area contributed by atoms with Gasteiger partial charge in [0.1, 0.15) is 10.7 Å². The average Bonchev–Trinajstić information content (AvgIpc) is 3.00. The van der Waals surface area contributed by atoms with E-state index in [1.54, 1.807) is 28.0 Å². The van der Waals surface area contributed by atoms with Gasteiger partial charge in [-0.25, -0.2) is 4.98 Å². The summed E-state index contributed by atoms with van der Waals surface area (Å²) in [5, 5.41) is 1.47. The van der Waals surface area contributed by atoms with Gasteiger partial charge in [0, 0.05) is 9.90 Å². The van der Waals surface area contributed by atoms with Crippen molar-refractivity contribution in [1.29, 1.82) is 0 Å². The van der Waals surface area contributed by atoms with Crippen molar-refractivity contribution in [2.24, 2.45) is 0 Å². The second-order valence-corrected chi connectivity index (χ2v) is 6.83. The zero-order valence-corrected chi connectivity index (χ0v) is 13.1. The number of hydrogen-bond acceptors (Lipinski definition) is 3. The molecule has 0 unspecified atom stereocenters. The number of nitrogens with zero attached hydrogens (tertiary/aromatic N) is 2. The zero-order valence-electron chi connectivity index (χ0n) is 11.5. The first-order valence-electron chi connectivity index (χ1n) is 6.95. The molecule has 0 saturated heterocycles. The minimum atomic E-state index is 0.0409. The predicted molar refractivity (Wildman–Crippen MR) is 87.0 cm³/mol. The van der Waals surface area contributed by atoms with Crippen LogP contribution in [0.1, 0.15) is 22.7 Å². The number of halogens is 1. The molecule has 5 heteroatoms. The van der Waals surface area contributed by atoms with Gasteiger partial charge in [0.2, 0.25) is 0 Å². The highest BCUT2D eigenvalue weighted by Gasteiger charge is 2.22. The number of benzene rings is 1. The van der Waals surface area contributed by atoms with Gasteiger partial charge in [-0.15, -0.1) is 11.3 Å². The van der Waals surface area contributed by atoms with Gasteiger partial charge >= 0.3 is 0 Å². The SMILES string of the molecule is Cc1nc2sc3c(c2c(=O)n1-c1ccc(Cl)cc1)CCC3. The van der Waals surface area contributed by atoms with Crippen LogP contribution in [0.5, 0.6) is 0 Å². The summed E-state index contributed by atoms with van der Waals surface area (Å²) in [7, 11) is 0. The van der Waals surface area contributed by atoms with Crippen LogP contribution in [0.4, 0.5) is 0 Å². The molecule has 0 saturated carbocycles. The van der Waals surface area contributed by atoms with E-state index in [1.807, 2.05) is 19.1 Å². The Balaban J connectivity index is 2.05. The quantitative estimate of drug-likeness (QED) is 0.682. The summed E-state index contributed by atoms with van der Waals surface area (Å²) in [5.74, 6) is 0.717. The van der Waals surface area contributed by atoms with Crippen LogP contribution < -0.4 is 5.56 Å². The minimum absolute atomic E-state index is 0.0409. The molecule has 0 spiro atoms. The molecule has 0 aliphatic heterocycles. The maximum absolute atomic E-state index is 13.0. The fourth-order valence-corrected chi connectivity index (χ4v) is 4.46. The standard InChI is InChI=1S/C16H13ClN2OS/c1-9-18-15-14(12-3-2-4-13(12)21-15)16(20)19(9)11-7-5-10(17)6-8-11/h5-8H,2-4H2,1H3. The molecule has 4 rings (SSSR count). The maximum atomic E-state index is 13.0. The van der Waals surface area contributed by atoms with Crippen molar-refractivity contribution in [3.63, 3.8) is 0 Å². The predicted octanol–water partition coefficient (Wildman–Crippen LogP) is 3.90. The van der Waals surface area contributed by atoms with Gasteiger partial charge in [0.25, 0.3) is 5.56 Å². The molecule has 0 N–H and O–H groups in total. The van der Waals surface area contributed by atoms with E-state index < -0.39 is 0 Å². The molecule has 21 heavy (non-hydrogen) atoms. The highest BCUT2D eigenvalue weighted by Crippen LogP contribution is 2.34.